The van der Waals surface area contributed by atoms with Crippen molar-refractivity contribution in [3.63, 3.8) is 0 Å². The third-order valence-electron chi connectivity index (χ3n) is 18.8. The molecule has 0 radical (unpaired) electrons. The molecule has 10 N–H and O–H groups in total. The summed E-state index contributed by atoms with van der Waals surface area (Å²) in [5.74, 6) is -0.204. The van der Waals surface area contributed by atoms with E-state index in [-0.39, 0.29) is 41.2 Å². The SMILES string of the molecule is COC1(CCC(C)COC(C)=O)OC2CC3C4CCC5CC(OC6OC(CO)C(OC7OC(CO)C(O)C(O)C7O)C(O)C6OC6OC(C)C(O)C(O)C6O)CCC5(C)C4CCC3(C)C2(O)C1C. The van der Waals surface area contributed by atoms with Crippen LogP contribution in [0.1, 0.15) is 106 Å². The molecular formula is C48H80O20. The predicted octanol–water partition coefficient (Wildman–Crippen LogP) is -0.412. The van der Waals surface area contributed by atoms with E-state index in [2.05, 4.69) is 20.8 Å². The largest absolute Gasteiger partial charge is 0.466 e. The maximum absolute atomic E-state index is 13.0. The van der Waals surface area contributed by atoms with E-state index in [9.17, 15) is 55.9 Å². The highest BCUT2D eigenvalue weighted by molar-refractivity contribution is 5.65. The smallest absolute Gasteiger partial charge is 0.302 e. The second-order valence-electron chi connectivity index (χ2n) is 22.3. The first-order valence-corrected chi connectivity index (χ1v) is 25.1. The molecule has 4 saturated heterocycles. The van der Waals surface area contributed by atoms with Crippen molar-refractivity contribution >= 4 is 5.97 Å². The Bertz CT molecular complexity index is 1730. The summed E-state index contributed by atoms with van der Waals surface area (Å²) in [4.78, 5) is 11.4. The lowest BCUT2D eigenvalue weighted by Crippen LogP contribution is -2.67. The molecule has 8 aliphatic rings. The number of aliphatic hydroxyl groups is 10. The van der Waals surface area contributed by atoms with Gasteiger partial charge < -0.3 is 93.7 Å². The van der Waals surface area contributed by atoms with Gasteiger partial charge in [0.2, 0.25) is 0 Å². The lowest BCUT2D eigenvalue weighted by Gasteiger charge is -2.62. The first-order chi connectivity index (χ1) is 32.1. The molecule has 0 aromatic heterocycles. The molecule has 0 amide bonds. The quantitative estimate of drug-likeness (QED) is 0.0782. The van der Waals surface area contributed by atoms with Gasteiger partial charge in [-0.05, 0) is 99.7 Å². The van der Waals surface area contributed by atoms with E-state index < -0.39 is 128 Å². The highest BCUT2D eigenvalue weighted by atomic mass is 16.8. The fourth-order valence-electron chi connectivity index (χ4n) is 14.6. The minimum atomic E-state index is -1.84. The Balaban J connectivity index is 0.961. The van der Waals surface area contributed by atoms with Crippen molar-refractivity contribution in [1.82, 2.24) is 0 Å². The molecule has 4 aliphatic carbocycles. The monoisotopic (exact) mass is 977 g/mol. The van der Waals surface area contributed by atoms with Gasteiger partial charge in [-0.25, -0.2) is 0 Å². The third kappa shape index (κ3) is 8.92. The van der Waals surface area contributed by atoms with Crippen molar-refractivity contribution in [2.45, 2.75) is 221 Å². The number of carbonyl (C=O) groups is 1. The molecule has 8 rings (SSSR count). The van der Waals surface area contributed by atoms with Gasteiger partial charge in [-0.3, -0.25) is 4.79 Å². The van der Waals surface area contributed by atoms with E-state index in [0.717, 1.165) is 38.5 Å². The van der Waals surface area contributed by atoms with Gasteiger partial charge in [-0.1, -0.05) is 27.7 Å². The summed E-state index contributed by atoms with van der Waals surface area (Å²) in [6.07, 6.45) is -16.3. The zero-order valence-corrected chi connectivity index (χ0v) is 40.5. The van der Waals surface area contributed by atoms with Crippen molar-refractivity contribution in [2.75, 3.05) is 26.9 Å². The van der Waals surface area contributed by atoms with E-state index >= 15 is 0 Å². The first kappa shape index (κ1) is 53.1. The lowest BCUT2D eigenvalue weighted by atomic mass is 9.44. The average molecular weight is 977 g/mol. The Labute approximate surface area is 398 Å². The summed E-state index contributed by atoms with van der Waals surface area (Å²) in [7, 11) is 1.66. The van der Waals surface area contributed by atoms with Crippen LogP contribution >= 0.6 is 0 Å². The van der Waals surface area contributed by atoms with Crippen LogP contribution in [0.4, 0.5) is 0 Å². The molecule has 20 nitrogen and oxygen atoms in total. The molecule has 27 atom stereocenters. The van der Waals surface area contributed by atoms with E-state index in [1.54, 1.807) is 7.11 Å². The Hall–Kier alpha value is -1.25. The van der Waals surface area contributed by atoms with E-state index in [1.807, 2.05) is 6.92 Å². The van der Waals surface area contributed by atoms with Gasteiger partial charge >= 0.3 is 5.97 Å². The summed E-state index contributed by atoms with van der Waals surface area (Å²) in [5.41, 5.74) is -1.53. The van der Waals surface area contributed by atoms with Crippen molar-refractivity contribution in [3.8, 4) is 0 Å². The number of fused-ring (bicyclic) bond motifs is 7. The van der Waals surface area contributed by atoms with Crippen LogP contribution in [0.2, 0.25) is 0 Å². The standard InChI is InChI=1S/C48H80O20/c1-21(20-61-24(4)51)10-15-47(60-7)23(3)48(59)32(68-47)17-29-27-9-8-25-16-26(11-13-45(25,5)28(27)12-14-46(29,48)6)63-44-41(67-42-37(56)35(54)33(52)22(2)62-42)39(58)40(31(19-50)65-44)66-43-38(57)36(55)34(53)30(18-49)64-43/h21-23,25-44,49-50,52-59H,8-20H2,1-7H3. The molecule has 4 saturated carbocycles. The number of hydrogen-bond acceptors (Lipinski definition) is 20. The maximum Gasteiger partial charge on any atom is 0.302 e. The van der Waals surface area contributed by atoms with Crippen LogP contribution < -0.4 is 0 Å². The maximum atomic E-state index is 13.0. The average Bonchev–Trinajstić information content (AvgIpc) is 3.68. The number of rotatable bonds is 14. The number of hydrogen-bond donors (Lipinski definition) is 10. The third-order valence-corrected chi connectivity index (χ3v) is 18.8. The fourth-order valence-corrected chi connectivity index (χ4v) is 14.6. The zero-order valence-electron chi connectivity index (χ0n) is 40.5. The molecule has 27 unspecified atom stereocenters. The molecule has 4 heterocycles. The molecule has 392 valence electrons. The number of ether oxygens (including phenoxy) is 9. The van der Waals surface area contributed by atoms with Crippen LogP contribution in [0.25, 0.3) is 0 Å². The summed E-state index contributed by atoms with van der Waals surface area (Å²) in [5, 5.41) is 109. The number of esters is 1. The predicted molar refractivity (Wildman–Crippen MR) is 233 cm³/mol. The molecule has 0 aromatic rings. The van der Waals surface area contributed by atoms with Gasteiger partial charge in [-0.15, -0.1) is 0 Å². The Morgan fingerprint density at radius 2 is 1.37 bits per heavy atom. The summed E-state index contributed by atoms with van der Waals surface area (Å²) < 4.78 is 54.8. The highest BCUT2D eigenvalue weighted by Crippen LogP contribution is 2.72. The Morgan fingerprint density at radius 1 is 0.721 bits per heavy atom. The first-order valence-electron chi connectivity index (χ1n) is 25.1. The Morgan fingerprint density at radius 3 is 2.03 bits per heavy atom. The normalized spacial score (nSPS) is 54.0. The number of carbonyl (C=O) groups excluding carboxylic acids is 1. The molecule has 0 aromatic carbocycles. The van der Waals surface area contributed by atoms with Crippen LogP contribution in [0, 0.1) is 46.3 Å². The van der Waals surface area contributed by atoms with Gasteiger partial charge in [0.05, 0.1) is 38.1 Å². The van der Waals surface area contributed by atoms with Crippen molar-refractivity contribution in [2.24, 2.45) is 46.3 Å². The van der Waals surface area contributed by atoms with Crippen LogP contribution in [0.3, 0.4) is 0 Å². The summed E-state index contributed by atoms with van der Waals surface area (Å²) in [6.45, 7) is 10.5. The summed E-state index contributed by atoms with van der Waals surface area (Å²) in [6, 6.07) is 0. The van der Waals surface area contributed by atoms with Gasteiger partial charge in [0, 0.05) is 31.8 Å². The van der Waals surface area contributed by atoms with Crippen molar-refractivity contribution in [3.05, 3.63) is 0 Å². The van der Waals surface area contributed by atoms with Gasteiger partial charge in [0.1, 0.15) is 72.7 Å². The molecule has 20 heteroatoms. The molecule has 68 heavy (non-hydrogen) atoms. The molecule has 0 spiro atoms. The van der Waals surface area contributed by atoms with E-state index in [4.69, 9.17) is 42.6 Å². The Kier molecular flexibility index (Phi) is 15.8. The van der Waals surface area contributed by atoms with Gasteiger partial charge in [0.25, 0.3) is 0 Å². The number of aliphatic hydroxyl groups excluding tert-OH is 9. The fraction of sp³-hybridized carbons (Fsp3) is 0.979. The zero-order chi connectivity index (χ0) is 49.4. The highest BCUT2D eigenvalue weighted by Gasteiger charge is 2.76. The van der Waals surface area contributed by atoms with E-state index in [1.165, 1.54) is 13.8 Å². The van der Waals surface area contributed by atoms with Gasteiger partial charge in [-0.2, -0.15) is 0 Å². The second-order valence-corrected chi connectivity index (χ2v) is 22.3. The lowest BCUT2D eigenvalue weighted by molar-refractivity contribution is -0.390. The van der Waals surface area contributed by atoms with Crippen molar-refractivity contribution < 1.29 is 98.5 Å². The van der Waals surface area contributed by atoms with Gasteiger partial charge in [0.15, 0.2) is 24.7 Å². The minimum absolute atomic E-state index is 0.0424. The second kappa shape index (κ2) is 20.2. The topological polar surface area (TPSA) is 302 Å². The van der Waals surface area contributed by atoms with Crippen LogP contribution in [0.15, 0.2) is 0 Å². The van der Waals surface area contributed by atoms with Crippen molar-refractivity contribution in [1.29, 1.82) is 0 Å². The molecule has 8 fully saturated rings. The minimum Gasteiger partial charge on any atom is -0.466 e. The molecule has 4 aliphatic heterocycles. The van der Waals surface area contributed by atoms with E-state index in [0.29, 0.717) is 44.1 Å². The summed E-state index contributed by atoms with van der Waals surface area (Å²) >= 11 is 0. The van der Waals surface area contributed by atoms with Crippen LogP contribution in [0.5, 0.6) is 0 Å². The van der Waals surface area contributed by atoms with Crippen LogP contribution in [-0.2, 0) is 47.4 Å². The number of methoxy groups -OCH3 is 1. The molecule has 0 bridgehead atoms. The molecular weight excluding hydrogens is 897 g/mol. The van der Waals surface area contributed by atoms with Crippen LogP contribution in [-0.4, -0.2) is 200 Å².